The van der Waals surface area contributed by atoms with Crippen LogP contribution in [0, 0.1) is 0 Å². The van der Waals surface area contributed by atoms with Gasteiger partial charge in [-0.05, 0) is 60.2 Å². The Balaban J connectivity index is 1.67. The molecule has 1 N–H and O–H groups in total. The summed E-state index contributed by atoms with van der Waals surface area (Å²) in [6.07, 6.45) is 0.493. The third-order valence-corrected chi connectivity index (χ3v) is 6.76. The smallest absolute Gasteiger partial charge is 0.290 e. The summed E-state index contributed by atoms with van der Waals surface area (Å²) in [5.41, 5.74) is 1.74. The number of hydrogen-bond donors (Lipinski definition) is 1. The van der Waals surface area contributed by atoms with Crippen LogP contribution in [0.5, 0.6) is 17.2 Å². The first kappa shape index (κ1) is 24.3. The van der Waals surface area contributed by atoms with E-state index in [2.05, 4.69) is 0 Å². The fraction of sp³-hybridized carbons (Fsp3) is 0.259. The standard InChI is InChI=1S/C27H27NO6S/c1-4-34-19-10-8-18(9-11-19)24-23(25(29)22-6-5-15-35-22)26(30)27(31)28(24)14-13-17-7-12-20(32-2)21(16-17)33-3/h5-12,15-16,24,30H,4,13-14H2,1-3H3/t24-/m0/s1. The monoisotopic (exact) mass is 493 g/mol. The van der Waals surface area contributed by atoms with E-state index in [1.54, 1.807) is 48.8 Å². The summed E-state index contributed by atoms with van der Waals surface area (Å²) < 4.78 is 16.2. The summed E-state index contributed by atoms with van der Waals surface area (Å²) in [5, 5.41) is 12.6. The lowest BCUT2D eigenvalue weighted by Crippen LogP contribution is -2.33. The molecule has 3 aromatic rings. The highest BCUT2D eigenvalue weighted by Gasteiger charge is 2.43. The van der Waals surface area contributed by atoms with Crippen molar-refractivity contribution >= 4 is 23.0 Å². The number of nitrogens with zero attached hydrogens (tertiary/aromatic N) is 1. The Morgan fingerprint density at radius 1 is 1.06 bits per heavy atom. The first-order chi connectivity index (χ1) is 17.0. The largest absolute Gasteiger partial charge is 0.503 e. The van der Waals surface area contributed by atoms with Gasteiger partial charge in [-0.3, -0.25) is 9.59 Å². The van der Waals surface area contributed by atoms with Crippen molar-refractivity contribution in [3.63, 3.8) is 0 Å². The molecule has 0 spiro atoms. The lowest BCUT2D eigenvalue weighted by molar-refractivity contribution is -0.129. The normalized spacial score (nSPS) is 15.5. The second-order valence-corrected chi connectivity index (χ2v) is 8.86. The van der Waals surface area contributed by atoms with Crippen LogP contribution < -0.4 is 14.2 Å². The maximum atomic E-state index is 13.3. The highest BCUT2D eigenvalue weighted by Crippen LogP contribution is 2.40. The molecule has 4 rings (SSSR count). The molecule has 7 nitrogen and oxygen atoms in total. The van der Waals surface area contributed by atoms with Crippen molar-refractivity contribution in [3.8, 4) is 17.2 Å². The van der Waals surface area contributed by atoms with Crippen LogP contribution in [0.1, 0.15) is 33.8 Å². The van der Waals surface area contributed by atoms with E-state index in [-0.39, 0.29) is 17.9 Å². The zero-order valence-corrected chi connectivity index (χ0v) is 20.6. The van der Waals surface area contributed by atoms with Crippen LogP contribution in [-0.2, 0) is 11.2 Å². The predicted molar refractivity (Wildman–Crippen MR) is 134 cm³/mol. The van der Waals surface area contributed by atoms with E-state index in [0.717, 1.165) is 11.1 Å². The Morgan fingerprint density at radius 3 is 2.43 bits per heavy atom. The number of ketones is 1. The van der Waals surface area contributed by atoms with Crippen molar-refractivity contribution in [3.05, 3.63) is 87.3 Å². The van der Waals surface area contributed by atoms with Gasteiger partial charge in [0, 0.05) is 6.54 Å². The third-order valence-electron chi connectivity index (χ3n) is 5.89. The van der Waals surface area contributed by atoms with Gasteiger partial charge >= 0.3 is 0 Å². The van der Waals surface area contributed by atoms with E-state index in [9.17, 15) is 14.7 Å². The molecule has 1 aromatic heterocycles. The molecule has 8 heteroatoms. The quantitative estimate of drug-likeness (QED) is 0.401. The molecule has 2 aromatic carbocycles. The number of carbonyl (C=O) groups excluding carboxylic acids is 2. The lowest BCUT2D eigenvalue weighted by atomic mass is 9.95. The van der Waals surface area contributed by atoms with E-state index in [1.165, 1.54) is 11.3 Å². The number of carbonyl (C=O) groups is 2. The zero-order valence-electron chi connectivity index (χ0n) is 19.8. The van der Waals surface area contributed by atoms with Crippen LogP contribution in [-0.4, -0.2) is 49.1 Å². The van der Waals surface area contributed by atoms with Crippen LogP contribution in [0.25, 0.3) is 0 Å². The third kappa shape index (κ3) is 4.88. The first-order valence-corrected chi connectivity index (χ1v) is 12.1. The van der Waals surface area contributed by atoms with Crippen LogP contribution in [0.4, 0.5) is 0 Å². The number of amides is 1. The molecule has 1 amide bonds. The fourth-order valence-corrected chi connectivity index (χ4v) is 4.88. The van der Waals surface area contributed by atoms with Gasteiger partial charge in [-0.25, -0.2) is 0 Å². The average Bonchev–Trinajstić information content (AvgIpc) is 3.50. The van der Waals surface area contributed by atoms with E-state index < -0.39 is 17.7 Å². The molecule has 0 bridgehead atoms. The van der Waals surface area contributed by atoms with Gasteiger partial charge in [0.15, 0.2) is 17.3 Å². The summed E-state index contributed by atoms with van der Waals surface area (Å²) >= 11 is 1.28. The highest BCUT2D eigenvalue weighted by molar-refractivity contribution is 7.12. The number of hydrogen-bond acceptors (Lipinski definition) is 7. The number of aliphatic hydroxyl groups excluding tert-OH is 1. The molecule has 0 saturated carbocycles. The van der Waals surface area contributed by atoms with Gasteiger partial charge in [0.1, 0.15) is 5.75 Å². The van der Waals surface area contributed by atoms with Crippen molar-refractivity contribution < 1.29 is 28.9 Å². The number of benzene rings is 2. The Bertz CT molecular complexity index is 1230. The van der Waals surface area contributed by atoms with E-state index in [1.807, 2.05) is 37.3 Å². The minimum absolute atomic E-state index is 0.0916. The van der Waals surface area contributed by atoms with Crippen LogP contribution in [0.3, 0.4) is 0 Å². The second-order valence-electron chi connectivity index (χ2n) is 7.91. The molecule has 0 aliphatic carbocycles. The number of Topliss-reactive ketones (excluding diaryl/α,β-unsaturated/α-hetero) is 1. The van der Waals surface area contributed by atoms with Gasteiger partial charge in [0.2, 0.25) is 5.78 Å². The van der Waals surface area contributed by atoms with Crippen molar-refractivity contribution in [2.45, 2.75) is 19.4 Å². The maximum absolute atomic E-state index is 13.3. The first-order valence-electron chi connectivity index (χ1n) is 11.2. The van der Waals surface area contributed by atoms with Crippen LogP contribution >= 0.6 is 11.3 Å². The summed E-state index contributed by atoms with van der Waals surface area (Å²) in [7, 11) is 3.14. The van der Waals surface area contributed by atoms with Gasteiger partial charge in [-0.2, -0.15) is 0 Å². The van der Waals surface area contributed by atoms with Crippen LogP contribution in [0.2, 0.25) is 0 Å². The van der Waals surface area contributed by atoms with Crippen LogP contribution in [0.15, 0.2) is 71.3 Å². The number of thiophene rings is 1. The average molecular weight is 494 g/mol. The summed E-state index contributed by atoms with van der Waals surface area (Å²) in [6, 6.07) is 15.6. The molecule has 1 aliphatic heterocycles. The predicted octanol–water partition coefficient (Wildman–Crippen LogP) is 4.99. The number of rotatable bonds is 10. The molecule has 0 unspecified atom stereocenters. The molecule has 0 saturated heterocycles. The van der Waals surface area contributed by atoms with E-state index in [0.29, 0.717) is 35.2 Å². The molecular formula is C27H27NO6S. The zero-order chi connectivity index (χ0) is 24.9. The molecule has 1 aliphatic rings. The summed E-state index contributed by atoms with van der Waals surface area (Å²) in [6.45, 7) is 2.72. The number of methoxy groups -OCH3 is 2. The van der Waals surface area contributed by atoms with Gasteiger partial charge < -0.3 is 24.2 Å². The molecule has 35 heavy (non-hydrogen) atoms. The van der Waals surface area contributed by atoms with Gasteiger partial charge in [0.05, 0.1) is 37.3 Å². The van der Waals surface area contributed by atoms with E-state index in [4.69, 9.17) is 14.2 Å². The van der Waals surface area contributed by atoms with Crippen molar-refractivity contribution in [1.82, 2.24) is 4.90 Å². The Morgan fingerprint density at radius 2 is 1.80 bits per heavy atom. The molecule has 2 heterocycles. The van der Waals surface area contributed by atoms with Gasteiger partial charge in [0.25, 0.3) is 5.91 Å². The van der Waals surface area contributed by atoms with Crippen molar-refractivity contribution in [2.24, 2.45) is 0 Å². The van der Waals surface area contributed by atoms with Gasteiger partial charge in [-0.1, -0.05) is 24.3 Å². The fourth-order valence-electron chi connectivity index (χ4n) is 4.20. The molecule has 1 atom stereocenters. The van der Waals surface area contributed by atoms with Crippen molar-refractivity contribution in [1.29, 1.82) is 0 Å². The van der Waals surface area contributed by atoms with Gasteiger partial charge in [-0.15, -0.1) is 11.3 Å². The topological polar surface area (TPSA) is 85.3 Å². The maximum Gasteiger partial charge on any atom is 0.290 e. The minimum Gasteiger partial charge on any atom is -0.503 e. The minimum atomic E-state index is -0.715. The highest BCUT2D eigenvalue weighted by atomic mass is 32.1. The molecular weight excluding hydrogens is 466 g/mol. The Hall–Kier alpha value is -3.78. The Labute approximate surface area is 208 Å². The molecule has 182 valence electrons. The summed E-state index contributed by atoms with van der Waals surface area (Å²) in [5.74, 6) is 0.480. The van der Waals surface area contributed by atoms with E-state index >= 15 is 0 Å². The number of aliphatic hydroxyl groups is 1. The summed E-state index contributed by atoms with van der Waals surface area (Å²) in [4.78, 5) is 28.6. The second kappa shape index (κ2) is 10.7. The SMILES string of the molecule is CCOc1ccc([C@H]2C(C(=O)c3cccs3)=C(O)C(=O)N2CCc2ccc(OC)c(OC)c2)cc1. The number of ether oxygens (including phenoxy) is 3. The van der Waals surface area contributed by atoms with Crippen molar-refractivity contribution in [2.75, 3.05) is 27.4 Å². The lowest BCUT2D eigenvalue weighted by Gasteiger charge is -2.27. The Kier molecular flexibility index (Phi) is 7.41. The molecule has 0 radical (unpaired) electrons. The molecule has 0 fully saturated rings.